The van der Waals surface area contributed by atoms with Gasteiger partial charge in [0, 0.05) is 35.7 Å². The molecule has 6 nitrogen and oxygen atoms in total. The number of hydrogen-bond acceptors (Lipinski definition) is 5. The van der Waals surface area contributed by atoms with Crippen LogP contribution < -0.4 is 10.6 Å². The molecule has 1 aromatic heterocycles. The van der Waals surface area contributed by atoms with Gasteiger partial charge in [0.15, 0.2) is 5.82 Å². The second kappa shape index (κ2) is 9.57. The summed E-state index contributed by atoms with van der Waals surface area (Å²) in [5.74, 6) is 1.25. The molecule has 0 saturated heterocycles. The van der Waals surface area contributed by atoms with Crippen LogP contribution >= 0.6 is 0 Å². The fourth-order valence-electron chi connectivity index (χ4n) is 3.01. The third-order valence-corrected chi connectivity index (χ3v) is 4.78. The van der Waals surface area contributed by atoms with E-state index in [4.69, 9.17) is 4.52 Å². The predicted octanol–water partition coefficient (Wildman–Crippen LogP) is 5.50. The molecule has 3 rings (SSSR count). The summed E-state index contributed by atoms with van der Waals surface area (Å²) in [7, 11) is 0. The quantitative estimate of drug-likeness (QED) is 0.516. The van der Waals surface area contributed by atoms with Crippen LogP contribution in [-0.2, 0) is 16.6 Å². The number of nitrogens with zero attached hydrogens (tertiary/aromatic N) is 2. The summed E-state index contributed by atoms with van der Waals surface area (Å²) in [4.78, 5) is 16.6. The summed E-state index contributed by atoms with van der Waals surface area (Å²) in [5, 5.41) is 10.4. The van der Waals surface area contributed by atoms with Gasteiger partial charge in [-0.15, -0.1) is 0 Å². The van der Waals surface area contributed by atoms with Crippen molar-refractivity contribution in [3.05, 3.63) is 71.9 Å². The van der Waals surface area contributed by atoms with Crippen molar-refractivity contribution in [1.82, 2.24) is 10.1 Å². The van der Waals surface area contributed by atoms with Crippen molar-refractivity contribution in [2.45, 2.75) is 58.4 Å². The molecule has 0 fully saturated rings. The number of carbonyl (C=O) groups excluding carboxylic acids is 1. The number of carbonyl (C=O) groups is 1. The fraction of sp³-hybridized carbons (Fsp3) is 0.375. The molecule has 158 valence electrons. The second-order valence-corrected chi connectivity index (χ2v) is 8.52. The summed E-state index contributed by atoms with van der Waals surface area (Å²) < 4.78 is 5.27. The van der Waals surface area contributed by atoms with E-state index in [1.54, 1.807) is 0 Å². The maximum Gasteiger partial charge on any atom is 0.226 e. The van der Waals surface area contributed by atoms with Crippen LogP contribution in [0.15, 0.2) is 59.1 Å². The largest absolute Gasteiger partial charge is 0.379 e. The van der Waals surface area contributed by atoms with Crippen LogP contribution in [0, 0.1) is 0 Å². The van der Waals surface area contributed by atoms with E-state index in [9.17, 15) is 4.79 Å². The fourth-order valence-corrected chi connectivity index (χ4v) is 3.01. The Morgan fingerprint density at radius 2 is 1.70 bits per heavy atom. The van der Waals surface area contributed by atoms with E-state index >= 15 is 0 Å². The molecule has 1 amide bonds. The number of nitrogens with one attached hydrogen (secondary N) is 2. The molecule has 6 heteroatoms. The summed E-state index contributed by atoms with van der Waals surface area (Å²) in [6.07, 6.45) is 1.65. The SMILES string of the molecule is CC(Nc1ccc(NC(=O)CCCc2nc(C(C)(C)C)no2)cc1)c1ccccc1. The van der Waals surface area contributed by atoms with E-state index in [-0.39, 0.29) is 17.4 Å². The third-order valence-electron chi connectivity index (χ3n) is 4.78. The molecule has 0 aliphatic carbocycles. The van der Waals surface area contributed by atoms with Crippen LogP contribution in [0.25, 0.3) is 0 Å². The van der Waals surface area contributed by atoms with Gasteiger partial charge in [-0.25, -0.2) is 0 Å². The van der Waals surface area contributed by atoms with Crippen LogP contribution in [0.4, 0.5) is 11.4 Å². The first-order chi connectivity index (χ1) is 14.3. The normalized spacial score (nSPS) is 12.4. The maximum absolute atomic E-state index is 12.2. The van der Waals surface area contributed by atoms with Crippen LogP contribution in [0.5, 0.6) is 0 Å². The van der Waals surface area contributed by atoms with Crippen molar-refractivity contribution < 1.29 is 9.32 Å². The number of rotatable bonds is 8. The van der Waals surface area contributed by atoms with Crippen LogP contribution in [0.2, 0.25) is 0 Å². The number of benzene rings is 2. The van der Waals surface area contributed by atoms with Gasteiger partial charge in [-0.2, -0.15) is 4.98 Å². The first kappa shape index (κ1) is 21.6. The van der Waals surface area contributed by atoms with Gasteiger partial charge in [-0.05, 0) is 43.2 Å². The standard InChI is InChI=1S/C24H30N4O2/c1-17(18-9-6-5-7-10-18)25-19-13-15-20(16-14-19)26-21(29)11-8-12-22-27-23(28-30-22)24(2,3)4/h5-7,9-10,13-17,25H,8,11-12H2,1-4H3,(H,26,29). The van der Waals surface area contributed by atoms with E-state index in [0.717, 1.165) is 11.4 Å². The topological polar surface area (TPSA) is 80.0 Å². The highest BCUT2D eigenvalue weighted by atomic mass is 16.5. The van der Waals surface area contributed by atoms with Crippen LogP contribution in [-0.4, -0.2) is 16.0 Å². The number of aryl methyl sites for hydroxylation is 1. The highest BCUT2D eigenvalue weighted by molar-refractivity contribution is 5.90. The van der Waals surface area contributed by atoms with Gasteiger partial charge >= 0.3 is 0 Å². The van der Waals surface area contributed by atoms with Gasteiger partial charge in [-0.1, -0.05) is 56.3 Å². The number of aromatic nitrogens is 2. The van der Waals surface area contributed by atoms with Gasteiger partial charge in [-0.3, -0.25) is 4.79 Å². The average Bonchev–Trinajstić information content (AvgIpc) is 3.20. The van der Waals surface area contributed by atoms with E-state index in [0.29, 0.717) is 31.0 Å². The summed E-state index contributed by atoms with van der Waals surface area (Å²) in [6, 6.07) is 18.3. The molecule has 0 radical (unpaired) electrons. The predicted molar refractivity (Wildman–Crippen MR) is 119 cm³/mol. The van der Waals surface area contributed by atoms with E-state index in [1.165, 1.54) is 5.56 Å². The van der Waals surface area contributed by atoms with Crippen molar-refractivity contribution in [3.63, 3.8) is 0 Å². The summed E-state index contributed by atoms with van der Waals surface area (Å²) in [6.45, 7) is 8.24. The molecule has 3 aromatic rings. The summed E-state index contributed by atoms with van der Waals surface area (Å²) in [5.41, 5.74) is 2.88. The van der Waals surface area contributed by atoms with Gasteiger partial charge in [0.2, 0.25) is 11.8 Å². The zero-order valence-corrected chi connectivity index (χ0v) is 18.1. The van der Waals surface area contributed by atoms with Crippen molar-refractivity contribution in [2.24, 2.45) is 0 Å². The first-order valence-electron chi connectivity index (χ1n) is 10.4. The Morgan fingerprint density at radius 3 is 2.33 bits per heavy atom. The number of anilines is 2. The third kappa shape index (κ3) is 6.17. The highest BCUT2D eigenvalue weighted by Gasteiger charge is 2.20. The Bertz CT molecular complexity index is 943. The Kier molecular flexibility index (Phi) is 6.87. The second-order valence-electron chi connectivity index (χ2n) is 8.52. The van der Waals surface area contributed by atoms with Crippen molar-refractivity contribution in [1.29, 1.82) is 0 Å². The monoisotopic (exact) mass is 406 g/mol. The zero-order chi connectivity index (χ0) is 21.6. The Balaban J connectivity index is 1.43. The van der Waals surface area contributed by atoms with Gasteiger partial charge in [0.25, 0.3) is 0 Å². The van der Waals surface area contributed by atoms with E-state index < -0.39 is 0 Å². The minimum absolute atomic E-state index is 0.0241. The van der Waals surface area contributed by atoms with Crippen LogP contribution in [0.3, 0.4) is 0 Å². The molecular weight excluding hydrogens is 376 g/mol. The Morgan fingerprint density at radius 1 is 1.03 bits per heavy atom. The molecule has 1 heterocycles. The average molecular weight is 407 g/mol. The molecule has 1 unspecified atom stereocenters. The van der Waals surface area contributed by atoms with E-state index in [1.807, 2.05) is 63.2 Å². The van der Waals surface area contributed by atoms with Gasteiger partial charge < -0.3 is 15.2 Å². The molecule has 2 N–H and O–H groups in total. The van der Waals surface area contributed by atoms with Crippen molar-refractivity contribution in [3.8, 4) is 0 Å². The number of hydrogen-bond donors (Lipinski definition) is 2. The molecule has 2 aromatic carbocycles. The smallest absolute Gasteiger partial charge is 0.226 e. The minimum Gasteiger partial charge on any atom is -0.379 e. The van der Waals surface area contributed by atoms with Crippen LogP contribution in [0.1, 0.15) is 63.9 Å². The number of amides is 1. The minimum atomic E-state index is -0.140. The Hall–Kier alpha value is -3.15. The van der Waals surface area contributed by atoms with Gasteiger partial charge in [0.05, 0.1) is 0 Å². The first-order valence-corrected chi connectivity index (χ1v) is 10.4. The zero-order valence-electron chi connectivity index (χ0n) is 18.1. The lowest BCUT2D eigenvalue weighted by Gasteiger charge is -2.16. The van der Waals surface area contributed by atoms with Crippen molar-refractivity contribution >= 4 is 17.3 Å². The maximum atomic E-state index is 12.2. The molecular formula is C24H30N4O2. The lowest BCUT2D eigenvalue weighted by Crippen LogP contribution is -2.13. The lowest BCUT2D eigenvalue weighted by atomic mass is 9.96. The molecule has 0 aliphatic heterocycles. The molecule has 0 aliphatic rings. The molecule has 0 bridgehead atoms. The van der Waals surface area contributed by atoms with E-state index in [2.05, 4.69) is 39.8 Å². The lowest BCUT2D eigenvalue weighted by molar-refractivity contribution is -0.116. The van der Waals surface area contributed by atoms with Gasteiger partial charge in [0.1, 0.15) is 0 Å². The molecule has 30 heavy (non-hydrogen) atoms. The molecule has 0 saturated carbocycles. The van der Waals surface area contributed by atoms with Crippen molar-refractivity contribution in [2.75, 3.05) is 10.6 Å². The summed E-state index contributed by atoms with van der Waals surface area (Å²) >= 11 is 0. The Labute approximate surface area is 178 Å². The molecule has 0 spiro atoms. The highest BCUT2D eigenvalue weighted by Crippen LogP contribution is 2.21. The molecule has 1 atom stereocenters.